The van der Waals surface area contributed by atoms with Crippen molar-refractivity contribution in [3.63, 3.8) is 0 Å². The van der Waals surface area contributed by atoms with Crippen LogP contribution in [0.3, 0.4) is 0 Å². The first-order valence-electron chi connectivity index (χ1n) is 16.1. The van der Waals surface area contributed by atoms with Crippen LogP contribution in [0.2, 0.25) is 0 Å². The van der Waals surface area contributed by atoms with Crippen molar-refractivity contribution in [1.29, 1.82) is 0 Å². The lowest BCUT2D eigenvalue weighted by Gasteiger charge is -2.22. The van der Waals surface area contributed by atoms with Gasteiger partial charge in [0.05, 0.1) is 0 Å². The Morgan fingerprint density at radius 1 is 0.278 bits per heavy atom. The highest BCUT2D eigenvalue weighted by molar-refractivity contribution is 4.85. The minimum Gasteiger partial charge on any atom is -0.0776 e. The first kappa shape index (κ1) is 34.0. The first-order valence-corrected chi connectivity index (χ1v) is 16.1. The third-order valence-electron chi connectivity index (χ3n) is 11.8. The van der Waals surface area contributed by atoms with E-state index in [9.17, 15) is 0 Å². The van der Waals surface area contributed by atoms with E-state index in [4.69, 9.17) is 0 Å². The second-order valence-corrected chi connectivity index (χ2v) is 13.8. The molecule has 0 aliphatic heterocycles. The van der Waals surface area contributed by atoms with E-state index < -0.39 is 0 Å². The van der Waals surface area contributed by atoms with E-state index in [0.717, 1.165) is 53.3 Å². The zero-order chi connectivity index (χ0) is 23.0. The van der Waals surface area contributed by atoms with Crippen molar-refractivity contribution < 1.29 is 0 Å². The molecule has 0 radical (unpaired) electrons. The maximum Gasteiger partial charge on any atom is -0.0360 e. The molecule has 0 heteroatoms. The molecule has 0 spiro atoms. The zero-order valence-electron chi connectivity index (χ0n) is 23.0. The number of hydrogen-bond acceptors (Lipinski definition) is 0. The standard InChI is InChI=1S/3C11H20.3CH4/c3*1-9-5-4-8-11(9)10-6-2-3-7-10;;;/h3*9-11H,2-8H2,1H3;3*1H4. The quantitative estimate of drug-likeness (QED) is 0.358. The smallest absolute Gasteiger partial charge is 0.0360 e. The molecule has 0 heterocycles. The Morgan fingerprint density at radius 2 is 0.500 bits per heavy atom. The zero-order valence-corrected chi connectivity index (χ0v) is 23.0. The SMILES string of the molecule is C.C.C.CC1CCCC1C1CCCC1.CC1CCCC1C1CCCC1.CC1CCCC1C1CCCC1. The van der Waals surface area contributed by atoms with Gasteiger partial charge in [-0.1, -0.05) is 159 Å². The van der Waals surface area contributed by atoms with Crippen molar-refractivity contribution in [2.45, 2.75) is 178 Å². The summed E-state index contributed by atoms with van der Waals surface area (Å²) in [7, 11) is 0. The molecule has 6 aliphatic carbocycles. The van der Waals surface area contributed by atoms with Gasteiger partial charge in [0.2, 0.25) is 0 Å². The van der Waals surface area contributed by atoms with E-state index in [1.165, 1.54) is 77.0 Å². The van der Waals surface area contributed by atoms with E-state index in [1.54, 1.807) is 57.8 Å². The van der Waals surface area contributed by atoms with Crippen LogP contribution in [0.25, 0.3) is 0 Å². The molecule has 0 amide bonds. The molecule has 6 atom stereocenters. The minimum absolute atomic E-state index is 0. The third kappa shape index (κ3) is 9.33. The predicted octanol–water partition coefficient (Wildman–Crippen LogP) is 12.7. The van der Waals surface area contributed by atoms with Gasteiger partial charge < -0.3 is 0 Å². The largest absolute Gasteiger partial charge is 0.0776 e. The fourth-order valence-electron chi connectivity index (χ4n) is 9.78. The van der Waals surface area contributed by atoms with Crippen LogP contribution in [0.1, 0.15) is 178 Å². The topological polar surface area (TPSA) is 0 Å². The lowest BCUT2D eigenvalue weighted by molar-refractivity contribution is 0.280. The average molecular weight is 505 g/mol. The van der Waals surface area contributed by atoms with Gasteiger partial charge in [-0.25, -0.2) is 0 Å². The summed E-state index contributed by atoms with van der Waals surface area (Å²) in [5.74, 6) is 9.93. The Balaban J connectivity index is 0.000000259. The molecule has 0 bridgehead atoms. The van der Waals surface area contributed by atoms with E-state index >= 15 is 0 Å². The van der Waals surface area contributed by atoms with Gasteiger partial charge in [-0.15, -0.1) is 0 Å². The molecule has 6 rings (SSSR count). The van der Waals surface area contributed by atoms with Gasteiger partial charge in [-0.05, 0) is 72.5 Å². The molecular weight excluding hydrogens is 432 g/mol. The van der Waals surface area contributed by atoms with Crippen molar-refractivity contribution in [2.75, 3.05) is 0 Å². The second-order valence-electron chi connectivity index (χ2n) is 13.8. The van der Waals surface area contributed by atoms with Gasteiger partial charge in [-0.2, -0.15) is 0 Å². The Morgan fingerprint density at radius 3 is 0.667 bits per heavy atom. The highest BCUT2D eigenvalue weighted by Crippen LogP contribution is 2.45. The van der Waals surface area contributed by atoms with E-state index in [0.29, 0.717) is 0 Å². The summed E-state index contributed by atoms with van der Waals surface area (Å²) in [6.45, 7) is 7.40. The molecule has 6 aliphatic rings. The van der Waals surface area contributed by atoms with E-state index in [-0.39, 0.29) is 22.3 Å². The van der Waals surface area contributed by atoms with E-state index in [2.05, 4.69) is 20.8 Å². The maximum absolute atomic E-state index is 2.47. The van der Waals surface area contributed by atoms with Crippen LogP contribution in [-0.2, 0) is 0 Å². The highest BCUT2D eigenvalue weighted by Gasteiger charge is 2.33. The van der Waals surface area contributed by atoms with Crippen LogP contribution in [0, 0.1) is 53.3 Å². The van der Waals surface area contributed by atoms with Crippen molar-refractivity contribution in [1.82, 2.24) is 0 Å². The fourth-order valence-corrected chi connectivity index (χ4v) is 9.78. The van der Waals surface area contributed by atoms with Crippen LogP contribution in [0.5, 0.6) is 0 Å². The summed E-state index contributed by atoms with van der Waals surface area (Å²) in [5, 5.41) is 0. The van der Waals surface area contributed by atoms with Gasteiger partial charge in [0.15, 0.2) is 0 Å². The fraction of sp³-hybridized carbons (Fsp3) is 1.00. The summed E-state index contributed by atoms with van der Waals surface area (Å²) in [4.78, 5) is 0. The molecule has 216 valence electrons. The summed E-state index contributed by atoms with van der Waals surface area (Å²) < 4.78 is 0. The Hall–Kier alpha value is 0. The monoisotopic (exact) mass is 505 g/mol. The third-order valence-corrected chi connectivity index (χ3v) is 11.8. The molecule has 6 fully saturated rings. The Kier molecular flexibility index (Phi) is 16.6. The lowest BCUT2D eigenvalue weighted by Crippen LogP contribution is -2.13. The first-order chi connectivity index (χ1) is 16.1. The summed E-state index contributed by atoms with van der Waals surface area (Å²) in [6, 6.07) is 0. The highest BCUT2D eigenvalue weighted by atomic mass is 14.4. The van der Waals surface area contributed by atoms with Gasteiger partial charge in [0.1, 0.15) is 0 Å². The van der Waals surface area contributed by atoms with Gasteiger partial charge >= 0.3 is 0 Å². The van der Waals surface area contributed by atoms with Crippen LogP contribution in [-0.4, -0.2) is 0 Å². The van der Waals surface area contributed by atoms with Crippen LogP contribution >= 0.6 is 0 Å². The van der Waals surface area contributed by atoms with Crippen LogP contribution in [0.4, 0.5) is 0 Å². The molecule has 6 unspecified atom stereocenters. The van der Waals surface area contributed by atoms with Crippen molar-refractivity contribution in [2.24, 2.45) is 53.3 Å². The lowest BCUT2D eigenvalue weighted by atomic mass is 9.84. The molecule has 6 saturated carbocycles. The van der Waals surface area contributed by atoms with Crippen LogP contribution in [0.15, 0.2) is 0 Å². The maximum atomic E-state index is 2.47. The normalized spacial score (nSPS) is 36.8. The molecule has 0 aromatic rings. The van der Waals surface area contributed by atoms with E-state index in [1.807, 2.05) is 0 Å². The second kappa shape index (κ2) is 17.6. The van der Waals surface area contributed by atoms with Crippen molar-refractivity contribution in [3.05, 3.63) is 0 Å². The molecule has 0 aromatic carbocycles. The predicted molar refractivity (Wildman–Crippen MR) is 166 cm³/mol. The molecule has 0 nitrogen and oxygen atoms in total. The number of hydrogen-bond donors (Lipinski definition) is 0. The summed E-state index contributed by atoms with van der Waals surface area (Å²) in [6.07, 6.45) is 32.2. The Labute approximate surface area is 231 Å². The van der Waals surface area contributed by atoms with Gasteiger partial charge in [-0.3, -0.25) is 0 Å². The number of rotatable bonds is 3. The molecule has 0 N–H and O–H groups in total. The molecule has 0 saturated heterocycles. The van der Waals surface area contributed by atoms with Crippen molar-refractivity contribution >= 4 is 0 Å². The van der Waals surface area contributed by atoms with Crippen molar-refractivity contribution in [3.8, 4) is 0 Å². The molecular formula is C36H72. The Bertz CT molecular complexity index is 442. The molecule has 0 aromatic heterocycles. The van der Waals surface area contributed by atoms with Gasteiger partial charge in [0, 0.05) is 0 Å². The van der Waals surface area contributed by atoms with Crippen LogP contribution < -0.4 is 0 Å². The summed E-state index contributed by atoms with van der Waals surface area (Å²) in [5.41, 5.74) is 0. The minimum atomic E-state index is 0. The molecule has 36 heavy (non-hydrogen) atoms. The van der Waals surface area contributed by atoms with Gasteiger partial charge in [0.25, 0.3) is 0 Å². The average Bonchev–Trinajstić information content (AvgIpc) is 3.63. The summed E-state index contributed by atoms with van der Waals surface area (Å²) >= 11 is 0.